The Morgan fingerprint density at radius 3 is 2.35 bits per heavy atom. The van der Waals surface area contributed by atoms with Crippen molar-refractivity contribution in [2.45, 2.75) is 62.9 Å². The Morgan fingerprint density at radius 2 is 1.85 bits per heavy atom. The van der Waals surface area contributed by atoms with E-state index in [0.29, 0.717) is 25.3 Å². The van der Waals surface area contributed by atoms with Crippen molar-refractivity contribution in [2.24, 2.45) is 11.7 Å². The zero-order valence-electron chi connectivity index (χ0n) is 15.4. The molecule has 1 aliphatic rings. The smallest absolute Gasteiger partial charge is 0.240 e. The molecule has 0 aliphatic heterocycles. The molecule has 1 aliphatic carbocycles. The standard InChI is InChI=1S/C18H29N3O3S.ClH/c1-13(2)11-16(12-19)20-18(22)10-5-14-3-8-17(9-4-14)25(23,24)21-15-6-7-15;/h3-4,8-9,13,15-16,21H,5-7,10-12,19H2,1-2H3,(H,20,22);1H. The molecule has 1 saturated carbocycles. The molecular formula is C18H30ClN3O3S. The van der Waals surface area contributed by atoms with Gasteiger partial charge in [-0.3, -0.25) is 4.79 Å². The van der Waals surface area contributed by atoms with Crippen LogP contribution >= 0.6 is 12.4 Å². The number of hydrogen-bond acceptors (Lipinski definition) is 4. The van der Waals surface area contributed by atoms with Gasteiger partial charge >= 0.3 is 0 Å². The molecule has 1 unspecified atom stereocenters. The van der Waals surface area contributed by atoms with Crippen LogP contribution in [0.5, 0.6) is 0 Å². The summed E-state index contributed by atoms with van der Waals surface area (Å²) in [5.74, 6) is 0.454. The van der Waals surface area contributed by atoms with Crippen LogP contribution in [0.15, 0.2) is 29.2 Å². The third-order valence-electron chi connectivity index (χ3n) is 4.18. The predicted molar refractivity (Wildman–Crippen MR) is 106 cm³/mol. The molecule has 4 N–H and O–H groups in total. The van der Waals surface area contributed by atoms with Gasteiger partial charge < -0.3 is 11.1 Å². The van der Waals surface area contributed by atoms with Gasteiger partial charge in [-0.15, -0.1) is 12.4 Å². The summed E-state index contributed by atoms with van der Waals surface area (Å²) >= 11 is 0. The SMILES string of the molecule is CC(C)CC(CN)NC(=O)CCc1ccc(S(=O)(=O)NC2CC2)cc1.Cl. The number of carbonyl (C=O) groups excluding carboxylic acids is 1. The maximum Gasteiger partial charge on any atom is 0.240 e. The molecule has 1 amide bonds. The third kappa shape index (κ3) is 7.61. The van der Waals surface area contributed by atoms with Gasteiger partial charge in [-0.2, -0.15) is 0 Å². The number of nitrogens with two attached hydrogens (primary N) is 1. The van der Waals surface area contributed by atoms with Crippen LogP contribution in [-0.4, -0.2) is 33.0 Å². The molecule has 0 saturated heterocycles. The molecule has 0 aromatic heterocycles. The highest BCUT2D eigenvalue weighted by atomic mass is 35.5. The van der Waals surface area contributed by atoms with Crippen molar-refractivity contribution in [1.29, 1.82) is 0 Å². The third-order valence-corrected chi connectivity index (χ3v) is 5.72. The average molecular weight is 404 g/mol. The first-order valence-electron chi connectivity index (χ1n) is 8.91. The molecule has 148 valence electrons. The number of rotatable bonds is 10. The number of aryl methyl sites for hydroxylation is 1. The number of sulfonamides is 1. The van der Waals surface area contributed by atoms with Gasteiger partial charge in [-0.05, 0) is 49.3 Å². The molecule has 8 heteroatoms. The number of carbonyl (C=O) groups is 1. The summed E-state index contributed by atoms with van der Waals surface area (Å²) in [6.07, 6.45) is 3.62. The lowest BCUT2D eigenvalue weighted by atomic mass is 10.0. The molecule has 1 fully saturated rings. The van der Waals surface area contributed by atoms with E-state index in [4.69, 9.17) is 5.73 Å². The number of halogens is 1. The molecule has 1 aromatic carbocycles. The largest absolute Gasteiger partial charge is 0.352 e. The molecule has 26 heavy (non-hydrogen) atoms. The van der Waals surface area contributed by atoms with Gasteiger partial charge in [-0.1, -0.05) is 26.0 Å². The second kappa shape index (κ2) is 10.3. The molecular weight excluding hydrogens is 374 g/mol. The highest BCUT2D eigenvalue weighted by molar-refractivity contribution is 7.89. The van der Waals surface area contributed by atoms with Gasteiger partial charge in [0.25, 0.3) is 0 Å². The van der Waals surface area contributed by atoms with Crippen LogP contribution < -0.4 is 15.8 Å². The van der Waals surface area contributed by atoms with E-state index in [0.717, 1.165) is 24.8 Å². The molecule has 6 nitrogen and oxygen atoms in total. The van der Waals surface area contributed by atoms with E-state index in [1.807, 2.05) is 0 Å². The van der Waals surface area contributed by atoms with Crippen LogP contribution in [0.2, 0.25) is 0 Å². The first-order valence-corrected chi connectivity index (χ1v) is 10.4. The lowest BCUT2D eigenvalue weighted by Gasteiger charge is -2.18. The summed E-state index contributed by atoms with van der Waals surface area (Å²) in [4.78, 5) is 12.3. The van der Waals surface area contributed by atoms with Gasteiger partial charge in [0.05, 0.1) is 4.90 Å². The maximum absolute atomic E-state index is 12.1. The predicted octanol–water partition coefficient (Wildman–Crippen LogP) is 1.97. The number of nitrogens with one attached hydrogen (secondary N) is 2. The fourth-order valence-corrected chi connectivity index (χ4v) is 3.97. The lowest BCUT2D eigenvalue weighted by molar-refractivity contribution is -0.121. The molecule has 0 spiro atoms. The van der Waals surface area contributed by atoms with E-state index in [-0.39, 0.29) is 35.3 Å². The molecule has 0 radical (unpaired) electrons. The van der Waals surface area contributed by atoms with E-state index in [1.165, 1.54) is 0 Å². The second-order valence-corrected chi connectivity index (χ2v) is 8.88. The van der Waals surface area contributed by atoms with Crippen molar-refractivity contribution in [3.63, 3.8) is 0 Å². The molecule has 1 atom stereocenters. The Hall–Kier alpha value is -1.15. The zero-order valence-corrected chi connectivity index (χ0v) is 17.0. The molecule has 0 heterocycles. The molecule has 1 aromatic rings. The van der Waals surface area contributed by atoms with E-state index < -0.39 is 10.0 Å². The number of hydrogen-bond donors (Lipinski definition) is 3. The number of amides is 1. The van der Waals surface area contributed by atoms with Crippen molar-refractivity contribution in [3.8, 4) is 0 Å². The van der Waals surface area contributed by atoms with Crippen LogP contribution in [0.3, 0.4) is 0 Å². The van der Waals surface area contributed by atoms with Crippen molar-refractivity contribution in [2.75, 3.05) is 6.54 Å². The lowest BCUT2D eigenvalue weighted by Crippen LogP contribution is -2.41. The summed E-state index contributed by atoms with van der Waals surface area (Å²) in [6.45, 7) is 4.63. The van der Waals surface area contributed by atoms with Gasteiger partial charge in [0.15, 0.2) is 0 Å². The van der Waals surface area contributed by atoms with Crippen molar-refractivity contribution < 1.29 is 13.2 Å². The quantitative estimate of drug-likeness (QED) is 0.555. The Bertz CT molecular complexity index is 673. The summed E-state index contributed by atoms with van der Waals surface area (Å²) in [7, 11) is -3.42. The topological polar surface area (TPSA) is 101 Å². The monoisotopic (exact) mass is 403 g/mol. The second-order valence-electron chi connectivity index (χ2n) is 7.17. The highest BCUT2D eigenvalue weighted by Gasteiger charge is 2.27. The first kappa shape index (κ1) is 22.9. The Morgan fingerprint density at radius 1 is 1.23 bits per heavy atom. The fourth-order valence-electron chi connectivity index (χ4n) is 2.66. The minimum atomic E-state index is -3.42. The van der Waals surface area contributed by atoms with Crippen LogP contribution in [0.25, 0.3) is 0 Å². The van der Waals surface area contributed by atoms with Crippen LogP contribution in [0.4, 0.5) is 0 Å². The Balaban J connectivity index is 0.00000338. The van der Waals surface area contributed by atoms with Gasteiger partial charge in [0, 0.05) is 25.0 Å². The minimum absolute atomic E-state index is 0. The normalized spacial score (nSPS) is 15.4. The van der Waals surface area contributed by atoms with Crippen molar-refractivity contribution in [3.05, 3.63) is 29.8 Å². The van der Waals surface area contributed by atoms with Crippen LogP contribution in [0, 0.1) is 5.92 Å². The zero-order chi connectivity index (χ0) is 18.4. The van der Waals surface area contributed by atoms with Crippen molar-refractivity contribution >= 4 is 28.3 Å². The maximum atomic E-state index is 12.1. The Kier molecular flexibility index (Phi) is 9.03. The van der Waals surface area contributed by atoms with E-state index in [1.54, 1.807) is 24.3 Å². The summed E-state index contributed by atoms with van der Waals surface area (Å²) < 4.78 is 26.9. The van der Waals surface area contributed by atoms with E-state index in [2.05, 4.69) is 23.9 Å². The van der Waals surface area contributed by atoms with Crippen LogP contribution in [-0.2, 0) is 21.2 Å². The van der Waals surface area contributed by atoms with E-state index in [9.17, 15) is 13.2 Å². The number of benzene rings is 1. The fraction of sp³-hybridized carbons (Fsp3) is 0.611. The van der Waals surface area contributed by atoms with E-state index >= 15 is 0 Å². The van der Waals surface area contributed by atoms with Gasteiger partial charge in [-0.25, -0.2) is 13.1 Å². The minimum Gasteiger partial charge on any atom is -0.352 e. The highest BCUT2D eigenvalue weighted by Crippen LogP contribution is 2.22. The van der Waals surface area contributed by atoms with Gasteiger partial charge in [0.1, 0.15) is 0 Å². The summed E-state index contributed by atoms with van der Waals surface area (Å²) in [6, 6.07) is 6.83. The summed E-state index contributed by atoms with van der Waals surface area (Å²) in [5, 5.41) is 2.96. The van der Waals surface area contributed by atoms with Crippen LogP contribution in [0.1, 0.15) is 45.1 Å². The van der Waals surface area contributed by atoms with Gasteiger partial charge in [0.2, 0.25) is 15.9 Å². The average Bonchev–Trinajstić information content (AvgIpc) is 3.35. The first-order chi connectivity index (χ1) is 11.8. The molecule has 2 rings (SSSR count). The Labute approximate surface area is 162 Å². The molecule has 0 bridgehead atoms. The summed E-state index contributed by atoms with van der Waals surface area (Å²) in [5.41, 5.74) is 6.63. The van der Waals surface area contributed by atoms with Crippen molar-refractivity contribution in [1.82, 2.24) is 10.0 Å².